The third-order valence-electron chi connectivity index (χ3n) is 7.04. The number of rotatable bonds is 10. The lowest BCUT2D eigenvalue weighted by Crippen LogP contribution is -2.52. The van der Waals surface area contributed by atoms with Gasteiger partial charge in [-0.05, 0) is 55.6 Å². The molecule has 0 aliphatic carbocycles. The summed E-state index contributed by atoms with van der Waals surface area (Å²) in [4.78, 5) is 34.1. The van der Waals surface area contributed by atoms with Crippen molar-refractivity contribution in [3.05, 3.63) is 77.1 Å². The summed E-state index contributed by atoms with van der Waals surface area (Å²) in [7, 11) is 0. The molecule has 0 atom stereocenters. The molecule has 0 unspecified atom stereocenters. The van der Waals surface area contributed by atoms with Gasteiger partial charge < -0.3 is 19.6 Å². The molecule has 1 aliphatic heterocycles. The highest BCUT2D eigenvalue weighted by Gasteiger charge is 2.26. The number of carbonyl (C=O) groups excluding carboxylic acids is 2. The number of hydrogen-bond donors (Lipinski definition) is 0. The number of nitrogens with zero attached hydrogens (tertiary/aromatic N) is 6. The second-order valence-electron chi connectivity index (χ2n) is 9.38. The molecule has 0 saturated carbocycles. The Hall–Kier alpha value is -3.56. The Labute approximate surface area is 234 Å². The summed E-state index contributed by atoms with van der Waals surface area (Å²) >= 11 is 6.28. The van der Waals surface area contributed by atoms with Crippen LogP contribution >= 0.6 is 11.6 Å². The number of likely N-dealkylation sites (N-methyl/N-ethyl adjacent to an activating group) is 1. The van der Waals surface area contributed by atoms with Crippen LogP contribution in [-0.4, -0.2) is 95.6 Å². The maximum atomic E-state index is 13.4. The van der Waals surface area contributed by atoms with Gasteiger partial charge in [0.05, 0.1) is 10.7 Å². The van der Waals surface area contributed by atoms with Gasteiger partial charge in [-0.15, -0.1) is 10.2 Å². The van der Waals surface area contributed by atoms with Crippen LogP contribution in [0.3, 0.4) is 0 Å². The minimum absolute atomic E-state index is 0.0240. The van der Waals surface area contributed by atoms with Gasteiger partial charge >= 0.3 is 0 Å². The maximum absolute atomic E-state index is 13.4. The van der Waals surface area contributed by atoms with Crippen molar-refractivity contribution in [1.82, 2.24) is 24.9 Å². The number of halogens is 2. The smallest absolute Gasteiger partial charge is 0.254 e. The molecule has 2 heterocycles. The Morgan fingerprint density at radius 1 is 0.897 bits per heavy atom. The summed E-state index contributed by atoms with van der Waals surface area (Å²) in [6, 6.07) is 16.8. The van der Waals surface area contributed by atoms with Crippen LogP contribution in [0.15, 0.2) is 60.7 Å². The summed E-state index contributed by atoms with van der Waals surface area (Å²) in [5.74, 6) is -0.0449. The molecular weight excluding hydrogens is 519 g/mol. The van der Waals surface area contributed by atoms with Gasteiger partial charge in [0, 0.05) is 50.4 Å². The fourth-order valence-electron chi connectivity index (χ4n) is 4.58. The highest BCUT2D eigenvalue weighted by atomic mass is 35.5. The number of carbonyl (C=O) groups is 2. The van der Waals surface area contributed by atoms with E-state index in [1.165, 1.54) is 24.3 Å². The molecule has 206 valence electrons. The molecule has 3 aromatic rings. The normalized spacial score (nSPS) is 13.6. The van der Waals surface area contributed by atoms with E-state index in [-0.39, 0.29) is 18.4 Å². The molecule has 0 N–H and O–H groups in total. The monoisotopic (exact) mass is 552 g/mol. The van der Waals surface area contributed by atoms with Gasteiger partial charge in [-0.25, -0.2) is 4.39 Å². The van der Waals surface area contributed by atoms with Gasteiger partial charge in [-0.2, -0.15) is 0 Å². The molecule has 10 heteroatoms. The lowest BCUT2D eigenvalue weighted by Gasteiger charge is -2.36. The van der Waals surface area contributed by atoms with Crippen LogP contribution in [0.25, 0.3) is 11.3 Å². The zero-order chi connectivity index (χ0) is 27.8. The Bertz CT molecular complexity index is 1250. The summed E-state index contributed by atoms with van der Waals surface area (Å²) in [6.07, 6.45) is 0. The summed E-state index contributed by atoms with van der Waals surface area (Å²) in [5.41, 5.74) is 1.90. The molecular formula is C29H34ClFN6O2. The number of aromatic nitrogens is 2. The lowest BCUT2D eigenvalue weighted by molar-refractivity contribution is -0.132. The largest absolute Gasteiger partial charge is 0.352 e. The van der Waals surface area contributed by atoms with Crippen molar-refractivity contribution in [3.63, 3.8) is 0 Å². The number of anilines is 1. The van der Waals surface area contributed by atoms with Crippen molar-refractivity contribution >= 4 is 29.2 Å². The Morgan fingerprint density at radius 3 is 2.21 bits per heavy atom. The van der Waals surface area contributed by atoms with Gasteiger partial charge in [0.1, 0.15) is 12.4 Å². The third-order valence-corrected chi connectivity index (χ3v) is 7.37. The molecule has 0 bridgehead atoms. The minimum atomic E-state index is -0.404. The fourth-order valence-corrected chi connectivity index (χ4v) is 4.82. The van der Waals surface area contributed by atoms with Crippen LogP contribution < -0.4 is 4.90 Å². The van der Waals surface area contributed by atoms with Crippen molar-refractivity contribution in [2.75, 3.05) is 63.8 Å². The van der Waals surface area contributed by atoms with Gasteiger partial charge in [0.2, 0.25) is 5.91 Å². The van der Waals surface area contributed by atoms with E-state index in [9.17, 15) is 14.0 Å². The van der Waals surface area contributed by atoms with E-state index < -0.39 is 5.82 Å². The van der Waals surface area contributed by atoms with Gasteiger partial charge in [-0.3, -0.25) is 9.59 Å². The fraction of sp³-hybridized carbons (Fsp3) is 0.379. The highest BCUT2D eigenvalue weighted by Crippen LogP contribution is 2.26. The van der Waals surface area contributed by atoms with E-state index in [1.807, 2.05) is 36.4 Å². The average Bonchev–Trinajstić information content (AvgIpc) is 2.97. The van der Waals surface area contributed by atoms with E-state index >= 15 is 0 Å². The Kier molecular flexibility index (Phi) is 9.84. The Balaban J connectivity index is 1.37. The molecule has 0 spiro atoms. The molecule has 1 saturated heterocycles. The summed E-state index contributed by atoms with van der Waals surface area (Å²) < 4.78 is 13.4. The molecule has 1 aliphatic rings. The molecule has 39 heavy (non-hydrogen) atoms. The second-order valence-corrected chi connectivity index (χ2v) is 9.79. The molecule has 0 radical (unpaired) electrons. The van der Waals surface area contributed by atoms with E-state index in [0.717, 1.165) is 24.5 Å². The predicted octanol–water partition coefficient (Wildman–Crippen LogP) is 4.07. The average molecular weight is 553 g/mol. The molecule has 1 aromatic heterocycles. The van der Waals surface area contributed by atoms with Gasteiger partial charge in [0.25, 0.3) is 5.91 Å². The topological polar surface area (TPSA) is 72.9 Å². The van der Waals surface area contributed by atoms with Crippen LogP contribution in [0.4, 0.5) is 10.2 Å². The first-order chi connectivity index (χ1) is 18.9. The SMILES string of the molecule is CCN(CC)CCN(CC(=O)N1CCN(c2ccc(-c3ccccc3Cl)nn2)CC1)C(=O)c1ccc(F)cc1. The first-order valence-electron chi connectivity index (χ1n) is 13.3. The van der Waals surface area contributed by atoms with Crippen LogP contribution in [0.1, 0.15) is 24.2 Å². The number of benzene rings is 2. The van der Waals surface area contributed by atoms with Crippen LogP contribution in [0, 0.1) is 5.82 Å². The molecule has 2 amide bonds. The minimum Gasteiger partial charge on any atom is -0.352 e. The summed E-state index contributed by atoms with van der Waals surface area (Å²) in [6.45, 7) is 9.13. The van der Waals surface area contributed by atoms with Gasteiger partial charge in [-0.1, -0.05) is 43.6 Å². The molecule has 1 fully saturated rings. The second kappa shape index (κ2) is 13.5. The zero-order valence-corrected chi connectivity index (χ0v) is 23.1. The van der Waals surface area contributed by atoms with Crippen molar-refractivity contribution in [3.8, 4) is 11.3 Å². The van der Waals surface area contributed by atoms with Crippen molar-refractivity contribution in [1.29, 1.82) is 0 Å². The maximum Gasteiger partial charge on any atom is 0.254 e. The number of amides is 2. The predicted molar refractivity (Wildman–Crippen MR) is 151 cm³/mol. The van der Waals surface area contributed by atoms with Crippen molar-refractivity contribution in [2.24, 2.45) is 0 Å². The van der Waals surface area contributed by atoms with Crippen LogP contribution in [0.5, 0.6) is 0 Å². The third kappa shape index (κ3) is 7.30. The standard InChI is InChI=1S/C29H34ClFN6O2/c1-3-34(4-2)15-16-37(29(39)22-9-11-23(31)12-10-22)21-28(38)36-19-17-35(18-20-36)27-14-13-26(32-33-27)24-7-5-6-8-25(24)30/h5-14H,3-4,15-21H2,1-2H3. The first-order valence-corrected chi connectivity index (χ1v) is 13.7. The van der Waals surface area contributed by atoms with E-state index in [1.54, 1.807) is 9.80 Å². The summed E-state index contributed by atoms with van der Waals surface area (Å²) in [5, 5.41) is 9.36. The molecule has 2 aromatic carbocycles. The first kappa shape index (κ1) is 28.4. The van der Waals surface area contributed by atoms with Crippen molar-refractivity contribution < 1.29 is 14.0 Å². The molecule has 4 rings (SSSR count). The van der Waals surface area contributed by atoms with Crippen LogP contribution in [0.2, 0.25) is 5.02 Å². The lowest BCUT2D eigenvalue weighted by atomic mass is 10.1. The quantitative estimate of drug-likeness (QED) is 0.377. The number of piperazine rings is 1. The van der Waals surface area contributed by atoms with Crippen LogP contribution in [-0.2, 0) is 4.79 Å². The number of hydrogen-bond acceptors (Lipinski definition) is 6. The van der Waals surface area contributed by atoms with E-state index in [0.29, 0.717) is 55.5 Å². The molecule has 8 nitrogen and oxygen atoms in total. The zero-order valence-electron chi connectivity index (χ0n) is 22.4. The van der Waals surface area contributed by atoms with Crippen molar-refractivity contribution in [2.45, 2.75) is 13.8 Å². The van der Waals surface area contributed by atoms with Gasteiger partial charge in [0.15, 0.2) is 5.82 Å². The Morgan fingerprint density at radius 2 is 1.59 bits per heavy atom. The highest BCUT2D eigenvalue weighted by molar-refractivity contribution is 6.33. The van der Waals surface area contributed by atoms with E-state index in [2.05, 4.69) is 33.8 Å². The van der Waals surface area contributed by atoms with E-state index in [4.69, 9.17) is 11.6 Å².